The normalized spacial score (nSPS) is 11.1. The van der Waals surface area contributed by atoms with Gasteiger partial charge >= 0.3 is 0 Å². The van der Waals surface area contributed by atoms with Crippen molar-refractivity contribution in [2.24, 2.45) is 0 Å². The molecule has 0 amide bonds. The van der Waals surface area contributed by atoms with Crippen molar-refractivity contribution in [1.82, 2.24) is 4.98 Å². The monoisotopic (exact) mass is 251 g/mol. The lowest BCUT2D eigenvalue weighted by molar-refractivity contribution is 0.687. The molecule has 0 saturated heterocycles. The summed E-state index contributed by atoms with van der Waals surface area (Å²) >= 11 is 0. The minimum Gasteiger partial charge on any atom is -0.383 e. The molecule has 3 nitrogen and oxygen atoms in total. The number of aromatic nitrogens is 1. The molecular formula is C16H17N3. The molecule has 0 aliphatic carbocycles. The van der Waals surface area contributed by atoms with Gasteiger partial charge < -0.3 is 5.73 Å². The van der Waals surface area contributed by atoms with Crippen molar-refractivity contribution in [3.63, 3.8) is 0 Å². The number of anilines is 1. The Labute approximate surface area is 113 Å². The molecule has 0 saturated carbocycles. The van der Waals surface area contributed by atoms with E-state index in [-0.39, 0.29) is 0 Å². The zero-order valence-corrected chi connectivity index (χ0v) is 11.4. The van der Waals surface area contributed by atoms with Crippen LogP contribution in [0.3, 0.4) is 0 Å². The summed E-state index contributed by atoms with van der Waals surface area (Å²) in [6.07, 6.45) is 0. The standard InChI is InChI=1S/C16H17N3/c1-11-4-9-14(15(18)19-11)12-5-7-13(8-6-12)16(2,3)10-17/h4-9H,1-3H3,(H2,18,19). The molecule has 0 unspecified atom stereocenters. The minimum atomic E-state index is -0.477. The molecule has 1 aromatic carbocycles. The predicted molar refractivity (Wildman–Crippen MR) is 77.5 cm³/mol. The van der Waals surface area contributed by atoms with Crippen LogP contribution in [0, 0.1) is 18.3 Å². The lowest BCUT2D eigenvalue weighted by atomic mass is 9.85. The fourth-order valence-electron chi connectivity index (χ4n) is 1.95. The van der Waals surface area contributed by atoms with Gasteiger partial charge in [0.2, 0.25) is 0 Å². The first-order valence-corrected chi connectivity index (χ1v) is 6.19. The first-order valence-electron chi connectivity index (χ1n) is 6.19. The van der Waals surface area contributed by atoms with Crippen LogP contribution in [0.4, 0.5) is 5.82 Å². The fourth-order valence-corrected chi connectivity index (χ4v) is 1.95. The first-order chi connectivity index (χ1) is 8.94. The van der Waals surface area contributed by atoms with E-state index in [9.17, 15) is 0 Å². The maximum Gasteiger partial charge on any atom is 0.131 e. The highest BCUT2D eigenvalue weighted by Crippen LogP contribution is 2.28. The van der Waals surface area contributed by atoms with E-state index in [0.29, 0.717) is 5.82 Å². The van der Waals surface area contributed by atoms with E-state index in [2.05, 4.69) is 11.1 Å². The van der Waals surface area contributed by atoms with Crippen molar-refractivity contribution >= 4 is 5.82 Å². The number of nitrogens with two attached hydrogens (primary N) is 1. The second-order valence-corrected chi connectivity index (χ2v) is 5.20. The third-order valence-corrected chi connectivity index (χ3v) is 3.26. The Bertz CT molecular complexity index is 634. The zero-order chi connectivity index (χ0) is 14.0. The largest absolute Gasteiger partial charge is 0.383 e. The summed E-state index contributed by atoms with van der Waals surface area (Å²) < 4.78 is 0. The number of nitriles is 1. The van der Waals surface area contributed by atoms with Crippen LogP contribution >= 0.6 is 0 Å². The zero-order valence-electron chi connectivity index (χ0n) is 11.4. The van der Waals surface area contributed by atoms with Crippen LogP contribution in [0.15, 0.2) is 36.4 Å². The van der Waals surface area contributed by atoms with Gasteiger partial charge in [-0.1, -0.05) is 24.3 Å². The molecule has 1 heterocycles. The highest BCUT2D eigenvalue weighted by atomic mass is 14.8. The smallest absolute Gasteiger partial charge is 0.131 e. The van der Waals surface area contributed by atoms with Gasteiger partial charge in [0.1, 0.15) is 5.82 Å². The van der Waals surface area contributed by atoms with E-state index in [1.807, 2.05) is 57.2 Å². The molecule has 0 fully saturated rings. The van der Waals surface area contributed by atoms with Gasteiger partial charge in [0.15, 0.2) is 0 Å². The van der Waals surface area contributed by atoms with Crippen molar-refractivity contribution < 1.29 is 0 Å². The molecule has 1 aromatic heterocycles. The molecule has 0 spiro atoms. The van der Waals surface area contributed by atoms with Crippen LogP contribution in [0.1, 0.15) is 25.1 Å². The Morgan fingerprint density at radius 1 is 1.11 bits per heavy atom. The minimum absolute atomic E-state index is 0.477. The molecule has 2 rings (SSSR count). The van der Waals surface area contributed by atoms with Crippen LogP contribution in [-0.2, 0) is 5.41 Å². The summed E-state index contributed by atoms with van der Waals surface area (Å²) in [5.74, 6) is 0.535. The van der Waals surface area contributed by atoms with Gasteiger partial charge in [-0.25, -0.2) is 4.98 Å². The van der Waals surface area contributed by atoms with Crippen LogP contribution in [0.2, 0.25) is 0 Å². The Hall–Kier alpha value is -2.34. The fraction of sp³-hybridized carbons (Fsp3) is 0.250. The molecule has 2 N–H and O–H groups in total. The van der Waals surface area contributed by atoms with E-state index in [1.165, 1.54) is 0 Å². The lowest BCUT2D eigenvalue weighted by Gasteiger charge is -2.16. The van der Waals surface area contributed by atoms with Gasteiger partial charge in [0.05, 0.1) is 11.5 Å². The molecule has 0 radical (unpaired) electrons. The molecule has 0 bridgehead atoms. The van der Waals surface area contributed by atoms with E-state index >= 15 is 0 Å². The van der Waals surface area contributed by atoms with Crippen LogP contribution < -0.4 is 5.73 Å². The van der Waals surface area contributed by atoms with E-state index in [0.717, 1.165) is 22.4 Å². The predicted octanol–water partition coefficient (Wildman–Crippen LogP) is 3.44. The molecule has 96 valence electrons. The van der Waals surface area contributed by atoms with Gasteiger partial charge in [-0.15, -0.1) is 0 Å². The summed E-state index contributed by atoms with van der Waals surface area (Å²) in [6.45, 7) is 5.73. The van der Waals surface area contributed by atoms with Crippen LogP contribution in [0.5, 0.6) is 0 Å². The Kier molecular flexibility index (Phi) is 3.26. The summed E-state index contributed by atoms with van der Waals surface area (Å²) in [5.41, 5.74) is 9.31. The summed E-state index contributed by atoms with van der Waals surface area (Å²) in [4.78, 5) is 4.26. The highest BCUT2D eigenvalue weighted by Gasteiger charge is 2.19. The second kappa shape index (κ2) is 4.74. The lowest BCUT2D eigenvalue weighted by Crippen LogP contribution is -2.13. The van der Waals surface area contributed by atoms with Crippen molar-refractivity contribution in [1.29, 1.82) is 5.26 Å². The van der Waals surface area contributed by atoms with Crippen molar-refractivity contribution in [2.75, 3.05) is 5.73 Å². The average molecular weight is 251 g/mol. The summed E-state index contributed by atoms with van der Waals surface area (Å²) in [7, 11) is 0. The Balaban J connectivity index is 2.41. The third-order valence-electron chi connectivity index (χ3n) is 3.26. The number of benzene rings is 1. The van der Waals surface area contributed by atoms with Gasteiger partial charge in [0.25, 0.3) is 0 Å². The number of rotatable bonds is 2. The molecule has 3 heteroatoms. The Morgan fingerprint density at radius 2 is 1.74 bits per heavy atom. The topological polar surface area (TPSA) is 62.7 Å². The average Bonchev–Trinajstić information content (AvgIpc) is 2.39. The maximum atomic E-state index is 9.13. The molecule has 2 aromatic rings. The van der Waals surface area contributed by atoms with E-state index in [4.69, 9.17) is 11.0 Å². The second-order valence-electron chi connectivity index (χ2n) is 5.20. The Morgan fingerprint density at radius 3 is 2.26 bits per heavy atom. The van der Waals surface area contributed by atoms with Crippen LogP contribution in [0.25, 0.3) is 11.1 Å². The maximum absolute atomic E-state index is 9.13. The molecule has 0 aliphatic rings. The summed E-state index contributed by atoms with van der Waals surface area (Å²) in [5, 5.41) is 9.13. The molecule has 0 atom stereocenters. The quantitative estimate of drug-likeness (QED) is 0.889. The van der Waals surface area contributed by atoms with E-state index < -0.39 is 5.41 Å². The van der Waals surface area contributed by atoms with E-state index in [1.54, 1.807) is 0 Å². The number of nitrogen functional groups attached to an aromatic ring is 1. The van der Waals surface area contributed by atoms with Crippen molar-refractivity contribution in [2.45, 2.75) is 26.2 Å². The van der Waals surface area contributed by atoms with Crippen molar-refractivity contribution in [3.8, 4) is 17.2 Å². The van der Waals surface area contributed by atoms with Gasteiger partial charge in [-0.3, -0.25) is 0 Å². The number of pyridine rings is 1. The number of hydrogen-bond donors (Lipinski definition) is 1. The number of aryl methyl sites for hydroxylation is 1. The van der Waals surface area contributed by atoms with Crippen LogP contribution in [-0.4, -0.2) is 4.98 Å². The van der Waals surface area contributed by atoms with Gasteiger partial charge in [-0.05, 0) is 44.0 Å². The number of hydrogen-bond acceptors (Lipinski definition) is 3. The first kappa shape index (κ1) is 13.1. The van der Waals surface area contributed by atoms with Gasteiger partial charge in [-0.2, -0.15) is 5.26 Å². The molecular weight excluding hydrogens is 234 g/mol. The SMILES string of the molecule is Cc1ccc(-c2ccc(C(C)(C)C#N)cc2)c(N)n1. The molecule has 19 heavy (non-hydrogen) atoms. The van der Waals surface area contributed by atoms with Crippen molar-refractivity contribution in [3.05, 3.63) is 47.7 Å². The molecule has 0 aliphatic heterocycles. The highest BCUT2D eigenvalue weighted by molar-refractivity contribution is 5.74. The third kappa shape index (κ3) is 2.58. The summed E-state index contributed by atoms with van der Waals surface area (Å²) in [6, 6.07) is 14.1. The number of nitrogens with zero attached hydrogens (tertiary/aromatic N) is 2. The van der Waals surface area contributed by atoms with Gasteiger partial charge in [0, 0.05) is 11.3 Å².